The molecule has 7 nitrogen and oxygen atoms in total. The van der Waals surface area contributed by atoms with Crippen LogP contribution in [0.15, 0.2) is 35.2 Å². The van der Waals surface area contributed by atoms with E-state index in [2.05, 4.69) is 0 Å². The first-order valence-corrected chi connectivity index (χ1v) is 10.9. The lowest BCUT2D eigenvalue weighted by Crippen LogP contribution is -2.44. The molecule has 0 aliphatic rings. The number of hydrogen-bond donors (Lipinski definition) is 0. The molecule has 1 atom stereocenters. The number of Topliss-reactive ketones (excluding diaryl/α,β-unsaturated/α-hetero) is 1. The second kappa shape index (κ2) is 8.92. The van der Waals surface area contributed by atoms with Crippen LogP contribution in [0.4, 0.5) is 0 Å². The molecule has 29 heavy (non-hydrogen) atoms. The maximum absolute atomic E-state index is 13.4. The van der Waals surface area contributed by atoms with E-state index in [-0.39, 0.29) is 22.9 Å². The van der Waals surface area contributed by atoms with Crippen LogP contribution < -0.4 is 0 Å². The number of esters is 1. The van der Waals surface area contributed by atoms with E-state index in [1.165, 1.54) is 23.5 Å². The standard InChI is InChI=1S/C21H28N2O5S/c1-7-13-23(29(26,27)17-11-9-8-10-12-17)16(4)20(24)18-14(2)19(21(25)28-6)22(5)15(18)3/h8-12,16H,7,13H2,1-6H3. The Morgan fingerprint density at radius 3 is 2.28 bits per heavy atom. The molecule has 1 heterocycles. The Labute approximate surface area is 172 Å². The van der Waals surface area contributed by atoms with Gasteiger partial charge in [-0.25, -0.2) is 13.2 Å². The first kappa shape index (κ1) is 22.8. The molecule has 0 spiro atoms. The second-order valence-corrected chi connectivity index (χ2v) is 8.84. The van der Waals surface area contributed by atoms with Crippen molar-refractivity contribution in [2.75, 3.05) is 13.7 Å². The third-order valence-corrected chi connectivity index (χ3v) is 7.15. The zero-order valence-corrected chi connectivity index (χ0v) is 18.5. The fourth-order valence-corrected chi connectivity index (χ4v) is 5.24. The third kappa shape index (κ3) is 4.13. The fourth-order valence-electron chi connectivity index (χ4n) is 3.54. The second-order valence-electron chi connectivity index (χ2n) is 6.95. The molecule has 1 aromatic heterocycles. The van der Waals surface area contributed by atoms with Crippen molar-refractivity contribution < 1.29 is 22.7 Å². The summed E-state index contributed by atoms with van der Waals surface area (Å²) in [6, 6.07) is 7.15. The van der Waals surface area contributed by atoms with E-state index in [0.717, 1.165) is 0 Å². The van der Waals surface area contributed by atoms with Crippen molar-refractivity contribution in [1.82, 2.24) is 8.87 Å². The van der Waals surface area contributed by atoms with Gasteiger partial charge in [-0.05, 0) is 44.9 Å². The van der Waals surface area contributed by atoms with Gasteiger partial charge in [0.25, 0.3) is 0 Å². The van der Waals surface area contributed by atoms with Crippen LogP contribution in [-0.4, -0.2) is 48.7 Å². The summed E-state index contributed by atoms with van der Waals surface area (Å²) in [5.74, 6) is -0.888. The van der Waals surface area contributed by atoms with Crippen molar-refractivity contribution in [1.29, 1.82) is 0 Å². The minimum Gasteiger partial charge on any atom is -0.464 e. The van der Waals surface area contributed by atoms with E-state index in [0.29, 0.717) is 23.2 Å². The van der Waals surface area contributed by atoms with E-state index in [1.807, 2.05) is 6.92 Å². The molecule has 0 fully saturated rings. The monoisotopic (exact) mass is 420 g/mol. The summed E-state index contributed by atoms with van der Waals surface area (Å²) in [6.45, 7) is 7.06. The molecule has 0 aliphatic carbocycles. The Morgan fingerprint density at radius 1 is 1.17 bits per heavy atom. The average Bonchev–Trinajstić information content (AvgIpc) is 2.93. The summed E-state index contributed by atoms with van der Waals surface area (Å²) < 4.78 is 34.0. The van der Waals surface area contributed by atoms with Gasteiger partial charge in [-0.15, -0.1) is 0 Å². The van der Waals surface area contributed by atoms with E-state index in [9.17, 15) is 18.0 Å². The number of sulfonamides is 1. The van der Waals surface area contributed by atoms with Gasteiger partial charge in [-0.2, -0.15) is 4.31 Å². The molecule has 0 radical (unpaired) electrons. The number of ketones is 1. The lowest BCUT2D eigenvalue weighted by Gasteiger charge is -2.27. The van der Waals surface area contributed by atoms with Crippen LogP contribution in [0.1, 0.15) is 52.4 Å². The predicted molar refractivity (Wildman–Crippen MR) is 111 cm³/mol. The van der Waals surface area contributed by atoms with Crippen molar-refractivity contribution in [3.8, 4) is 0 Å². The minimum atomic E-state index is -3.85. The van der Waals surface area contributed by atoms with E-state index < -0.39 is 22.0 Å². The summed E-state index contributed by atoms with van der Waals surface area (Å²) in [6.07, 6.45) is 0.559. The van der Waals surface area contributed by atoms with Crippen molar-refractivity contribution in [3.05, 3.63) is 52.8 Å². The average molecular weight is 421 g/mol. The van der Waals surface area contributed by atoms with Crippen LogP contribution in [0.25, 0.3) is 0 Å². The lowest BCUT2D eigenvalue weighted by atomic mass is 10.0. The zero-order chi connectivity index (χ0) is 21.9. The van der Waals surface area contributed by atoms with Gasteiger partial charge in [-0.3, -0.25) is 4.79 Å². The van der Waals surface area contributed by atoms with Gasteiger partial charge in [0.15, 0.2) is 5.78 Å². The predicted octanol–water partition coefficient (Wildman–Crippen LogP) is 3.10. The summed E-state index contributed by atoms with van der Waals surface area (Å²) in [4.78, 5) is 25.7. The normalized spacial score (nSPS) is 12.8. The van der Waals surface area contributed by atoms with E-state index >= 15 is 0 Å². The van der Waals surface area contributed by atoms with Crippen LogP contribution in [-0.2, 0) is 21.8 Å². The molecular weight excluding hydrogens is 392 g/mol. The molecule has 0 amide bonds. The molecule has 0 aliphatic heterocycles. The van der Waals surface area contributed by atoms with Gasteiger partial charge in [0, 0.05) is 24.8 Å². The minimum absolute atomic E-state index is 0.143. The summed E-state index contributed by atoms with van der Waals surface area (Å²) in [7, 11) is -0.889. The Kier molecular flexibility index (Phi) is 7.02. The SMILES string of the molecule is CCCN(C(C)C(=O)c1c(C)c(C(=O)OC)n(C)c1C)S(=O)(=O)c1ccccc1. The molecule has 158 valence electrons. The van der Waals surface area contributed by atoms with Gasteiger partial charge < -0.3 is 9.30 Å². The summed E-state index contributed by atoms with van der Waals surface area (Å²) in [5, 5.41) is 0. The molecule has 8 heteroatoms. The van der Waals surface area contributed by atoms with E-state index in [4.69, 9.17) is 4.74 Å². The summed E-state index contributed by atoms with van der Waals surface area (Å²) in [5.41, 5.74) is 1.72. The van der Waals surface area contributed by atoms with Crippen LogP contribution in [0.3, 0.4) is 0 Å². The van der Waals surface area contributed by atoms with Crippen LogP contribution in [0.5, 0.6) is 0 Å². The number of ether oxygens (including phenoxy) is 1. The topological polar surface area (TPSA) is 85.7 Å². The Morgan fingerprint density at radius 2 is 1.76 bits per heavy atom. The highest BCUT2D eigenvalue weighted by atomic mass is 32.2. The molecule has 0 N–H and O–H groups in total. The molecule has 2 rings (SSSR count). The Balaban J connectivity index is 2.53. The molecule has 1 aromatic carbocycles. The Hall–Kier alpha value is -2.45. The van der Waals surface area contributed by atoms with Gasteiger partial charge in [-0.1, -0.05) is 25.1 Å². The largest absolute Gasteiger partial charge is 0.464 e. The smallest absolute Gasteiger partial charge is 0.354 e. The number of carbonyl (C=O) groups is 2. The number of rotatable bonds is 8. The van der Waals surface area contributed by atoms with Crippen molar-refractivity contribution >= 4 is 21.8 Å². The number of benzene rings is 1. The summed E-state index contributed by atoms with van der Waals surface area (Å²) >= 11 is 0. The third-order valence-electron chi connectivity index (χ3n) is 5.16. The maximum Gasteiger partial charge on any atom is 0.354 e. The van der Waals surface area contributed by atoms with Crippen LogP contribution >= 0.6 is 0 Å². The number of hydrogen-bond acceptors (Lipinski definition) is 5. The maximum atomic E-state index is 13.4. The lowest BCUT2D eigenvalue weighted by molar-refractivity contribution is 0.0588. The molecule has 0 saturated heterocycles. The number of methoxy groups -OCH3 is 1. The Bertz CT molecular complexity index is 1010. The van der Waals surface area contributed by atoms with E-state index in [1.54, 1.807) is 50.6 Å². The van der Waals surface area contributed by atoms with Crippen LogP contribution in [0.2, 0.25) is 0 Å². The first-order chi connectivity index (χ1) is 13.6. The van der Waals surface area contributed by atoms with Crippen molar-refractivity contribution in [2.45, 2.75) is 45.1 Å². The first-order valence-electron chi connectivity index (χ1n) is 9.44. The van der Waals surface area contributed by atoms with Gasteiger partial charge >= 0.3 is 5.97 Å². The highest BCUT2D eigenvalue weighted by Gasteiger charge is 2.35. The van der Waals surface area contributed by atoms with Gasteiger partial charge in [0.1, 0.15) is 5.69 Å². The number of nitrogens with zero attached hydrogens (tertiary/aromatic N) is 2. The molecule has 0 bridgehead atoms. The molecular formula is C21H28N2O5S. The van der Waals surface area contributed by atoms with Crippen molar-refractivity contribution in [2.24, 2.45) is 7.05 Å². The van der Waals surface area contributed by atoms with Crippen LogP contribution in [0, 0.1) is 13.8 Å². The fraction of sp³-hybridized carbons (Fsp3) is 0.429. The van der Waals surface area contributed by atoms with Gasteiger partial charge in [0.2, 0.25) is 10.0 Å². The molecule has 1 unspecified atom stereocenters. The quantitative estimate of drug-likeness (QED) is 0.484. The number of carbonyl (C=O) groups excluding carboxylic acids is 2. The highest BCUT2D eigenvalue weighted by Crippen LogP contribution is 2.26. The van der Waals surface area contributed by atoms with Gasteiger partial charge in [0.05, 0.1) is 18.0 Å². The zero-order valence-electron chi connectivity index (χ0n) is 17.7. The molecule has 2 aromatic rings. The van der Waals surface area contributed by atoms with Crippen molar-refractivity contribution in [3.63, 3.8) is 0 Å². The highest BCUT2D eigenvalue weighted by molar-refractivity contribution is 7.89. The molecule has 0 saturated carbocycles. The number of aromatic nitrogens is 1.